The number of carbonyl (C=O) groups excluding carboxylic acids is 1. The van der Waals surface area contributed by atoms with Crippen LogP contribution in [0.5, 0.6) is 0 Å². The van der Waals surface area contributed by atoms with Crippen molar-refractivity contribution in [1.82, 2.24) is 5.43 Å². The Morgan fingerprint density at radius 3 is 2.83 bits per heavy atom. The van der Waals surface area contributed by atoms with Gasteiger partial charge in [0.1, 0.15) is 11.5 Å². The Hall–Kier alpha value is -1.58. The number of nitrogens with one attached hydrogen (secondary N) is 1. The molecule has 0 spiro atoms. The van der Waals surface area contributed by atoms with Crippen molar-refractivity contribution in [3.63, 3.8) is 0 Å². The van der Waals surface area contributed by atoms with Gasteiger partial charge in [-0.25, -0.2) is 5.43 Å². The van der Waals surface area contributed by atoms with Crippen LogP contribution in [-0.2, 0) is 4.79 Å². The van der Waals surface area contributed by atoms with Crippen LogP contribution in [0.25, 0.3) is 0 Å². The van der Waals surface area contributed by atoms with Gasteiger partial charge in [0.05, 0.1) is 6.26 Å². The molecule has 0 fully saturated rings. The summed E-state index contributed by atoms with van der Waals surface area (Å²) in [7, 11) is 0. The number of nitrogens with zero attached hydrogens (tertiary/aromatic N) is 1. The fourth-order valence-electron chi connectivity index (χ4n) is 0.702. The Bertz CT molecular complexity index is 288. The quantitative estimate of drug-likeness (QED) is 0.529. The number of hydrazone groups is 1. The number of carbonyl (C=O) groups is 1. The van der Waals surface area contributed by atoms with Gasteiger partial charge in [0.25, 0.3) is 0 Å². The molecule has 4 heteroatoms. The van der Waals surface area contributed by atoms with Gasteiger partial charge >= 0.3 is 0 Å². The molecule has 0 aliphatic carbocycles. The van der Waals surface area contributed by atoms with Gasteiger partial charge in [-0.1, -0.05) is 0 Å². The van der Waals surface area contributed by atoms with Crippen molar-refractivity contribution in [1.29, 1.82) is 0 Å². The number of rotatable bonds is 2. The summed E-state index contributed by atoms with van der Waals surface area (Å²) in [6.07, 6.45) is 1.56. The molecule has 1 aromatic rings. The first kappa shape index (κ1) is 8.52. The molecule has 0 unspecified atom stereocenters. The van der Waals surface area contributed by atoms with Gasteiger partial charge in [-0.15, -0.1) is 0 Å². The minimum absolute atomic E-state index is 0.194. The van der Waals surface area contributed by atoms with E-state index in [1.54, 1.807) is 25.3 Å². The van der Waals surface area contributed by atoms with Crippen LogP contribution in [0, 0.1) is 0 Å². The zero-order valence-corrected chi connectivity index (χ0v) is 7.00. The van der Waals surface area contributed by atoms with E-state index in [1.807, 2.05) is 0 Å². The third-order valence-corrected chi connectivity index (χ3v) is 1.26. The van der Waals surface area contributed by atoms with Crippen LogP contribution in [0.2, 0.25) is 0 Å². The molecule has 0 saturated heterocycles. The maximum atomic E-state index is 10.5. The lowest BCUT2D eigenvalue weighted by Crippen LogP contribution is -2.14. The molecule has 0 radical (unpaired) electrons. The smallest absolute Gasteiger partial charge is 0.236 e. The molecule has 64 valence electrons. The van der Waals surface area contributed by atoms with Crippen molar-refractivity contribution in [3.8, 4) is 0 Å². The van der Waals surface area contributed by atoms with Crippen LogP contribution in [0.3, 0.4) is 0 Å². The van der Waals surface area contributed by atoms with Crippen molar-refractivity contribution >= 4 is 11.6 Å². The molecule has 0 aromatic carbocycles. The average molecular weight is 166 g/mol. The standard InChI is InChI=1S/C8H10N2O2/c1-6(9-10-7(2)11)8-4-3-5-12-8/h3-5H,1-2H3,(H,10,11)/b9-6+. The summed E-state index contributed by atoms with van der Waals surface area (Å²) in [4.78, 5) is 10.5. The lowest BCUT2D eigenvalue weighted by molar-refractivity contribution is -0.118. The van der Waals surface area contributed by atoms with E-state index in [1.165, 1.54) is 6.92 Å². The predicted molar refractivity (Wildman–Crippen MR) is 44.7 cm³/mol. The Morgan fingerprint density at radius 1 is 1.58 bits per heavy atom. The highest BCUT2D eigenvalue weighted by molar-refractivity contribution is 5.96. The molecule has 0 aliphatic rings. The molecule has 1 aromatic heterocycles. The fourth-order valence-corrected chi connectivity index (χ4v) is 0.702. The maximum Gasteiger partial charge on any atom is 0.236 e. The Balaban J connectivity index is 2.65. The van der Waals surface area contributed by atoms with Crippen molar-refractivity contribution in [2.24, 2.45) is 5.10 Å². The monoisotopic (exact) mass is 166 g/mol. The van der Waals surface area contributed by atoms with E-state index in [4.69, 9.17) is 4.42 Å². The second kappa shape index (κ2) is 3.71. The fraction of sp³-hybridized carbons (Fsp3) is 0.250. The van der Waals surface area contributed by atoms with Gasteiger partial charge in [-0.3, -0.25) is 4.79 Å². The average Bonchev–Trinajstić information content (AvgIpc) is 2.51. The molecular formula is C8H10N2O2. The summed E-state index contributed by atoms with van der Waals surface area (Å²) >= 11 is 0. The van der Waals surface area contributed by atoms with Crippen LogP contribution in [-0.4, -0.2) is 11.6 Å². The van der Waals surface area contributed by atoms with Crippen molar-refractivity contribution < 1.29 is 9.21 Å². The minimum atomic E-state index is -0.194. The van der Waals surface area contributed by atoms with E-state index in [0.717, 1.165) is 0 Å². The number of furan rings is 1. The van der Waals surface area contributed by atoms with Crippen LogP contribution >= 0.6 is 0 Å². The molecule has 1 N–H and O–H groups in total. The van der Waals surface area contributed by atoms with E-state index in [2.05, 4.69) is 10.5 Å². The van der Waals surface area contributed by atoms with E-state index in [-0.39, 0.29) is 5.91 Å². The molecule has 0 saturated carbocycles. The minimum Gasteiger partial charge on any atom is -0.463 e. The number of amides is 1. The lowest BCUT2D eigenvalue weighted by atomic mass is 10.3. The maximum absolute atomic E-state index is 10.5. The van der Waals surface area contributed by atoms with Crippen molar-refractivity contribution in [2.75, 3.05) is 0 Å². The number of hydrogen-bond acceptors (Lipinski definition) is 3. The van der Waals surface area contributed by atoms with Gasteiger partial charge in [0, 0.05) is 6.92 Å². The second-order valence-electron chi connectivity index (χ2n) is 2.34. The molecule has 1 heterocycles. The first-order valence-corrected chi connectivity index (χ1v) is 3.55. The molecule has 0 bridgehead atoms. The normalized spacial score (nSPS) is 11.3. The first-order chi connectivity index (χ1) is 5.70. The van der Waals surface area contributed by atoms with Crippen LogP contribution in [0.15, 0.2) is 27.9 Å². The molecule has 12 heavy (non-hydrogen) atoms. The summed E-state index contributed by atoms with van der Waals surface area (Å²) in [5.41, 5.74) is 2.97. The van der Waals surface area contributed by atoms with E-state index in [9.17, 15) is 4.79 Å². The van der Waals surface area contributed by atoms with Crippen molar-refractivity contribution in [2.45, 2.75) is 13.8 Å². The second-order valence-corrected chi connectivity index (χ2v) is 2.34. The van der Waals surface area contributed by atoms with Crippen LogP contribution in [0.1, 0.15) is 19.6 Å². The molecule has 4 nitrogen and oxygen atoms in total. The highest BCUT2D eigenvalue weighted by Crippen LogP contribution is 2.00. The van der Waals surface area contributed by atoms with Crippen LogP contribution < -0.4 is 5.43 Å². The predicted octanol–water partition coefficient (Wildman–Crippen LogP) is 1.14. The number of hydrogen-bond donors (Lipinski definition) is 1. The Morgan fingerprint density at radius 2 is 2.33 bits per heavy atom. The molecule has 0 atom stereocenters. The molecule has 1 rings (SSSR count). The zero-order valence-electron chi connectivity index (χ0n) is 7.00. The molecular weight excluding hydrogens is 156 g/mol. The van der Waals surface area contributed by atoms with Gasteiger partial charge < -0.3 is 4.42 Å². The summed E-state index contributed by atoms with van der Waals surface area (Å²) in [6, 6.07) is 3.54. The Labute approximate surface area is 70.3 Å². The topological polar surface area (TPSA) is 54.6 Å². The Kier molecular flexibility index (Phi) is 2.63. The SMILES string of the molecule is CC(=O)N/N=C(\C)c1ccco1. The summed E-state index contributed by atoms with van der Waals surface area (Å²) in [5.74, 6) is 0.463. The largest absolute Gasteiger partial charge is 0.463 e. The van der Waals surface area contributed by atoms with Crippen molar-refractivity contribution in [3.05, 3.63) is 24.2 Å². The zero-order chi connectivity index (χ0) is 8.97. The highest BCUT2D eigenvalue weighted by atomic mass is 16.3. The summed E-state index contributed by atoms with van der Waals surface area (Å²) in [5, 5.41) is 3.79. The molecule has 1 amide bonds. The lowest BCUT2D eigenvalue weighted by Gasteiger charge is -1.95. The molecule has 0 aliphatic heterocycles. The van der Waals surface area contributed by atoms with Gasteiger partial charge in [0.15, 0.2) is 0 Å². The third-order valence-electron chi connectivity index (χ3n) is 1.26. The van der Waals surface area contributed by atoms with E-state index in [0.29, 0.717) is 11.5 Å². The van der Waals surface area contributed by atoms with Gasteiger partial charge in [-0.2, -0.15) is 5.10 Å². The summed E-state index contributed by atoms with van der Waals surface area (Å²) < 4.78 is 5.05. The van der Waals surface area contributed by atoms with Gasteiger partial charge in [0.2, 0.25) is 5.91 Å². The van der Waals surface area contributed by atoms with E-state index < -0.39 is 0 Å². The third kappa shape index (κ3) is 2.23. The first-order valence-electron chi connectivity index (χ1n) is 3.55. The van der Waals surface area contributed by atoms with E-state index >= 15 is 0 Å². The van der Waals surface area contributed by atoms with Gasteiger partial charge in [-0.05, 0) is 19.1 Å². The summed E-state index contributed by atoms with van der Waals surface area (Å²) in [6.45, 7) is 3.16. The highest BCUT2D eigenvalue weighted by Gasteiger charge is 1.98. The van der Waals surface area contributed by atoms with Crippen LogP contribution in [0.4, 0.5) is 0 Å².